The summed E-state index contributed by atoms with van der Waals surface area (Å²) in [6, 6.07) is 16.5. The van der Waals surface area contributed by atoms with Gasteiger partial charge in [-0.05, 0) is 79.3 Å². The number of fused-ring (bicyclic) bond motifs is 1. The lowest BCUT2D eigenvalue weighted by atomic mass is 9.97. The molecule has 8 heteroatoms. The quantitative estimate of drug-likeness (QED) is 0.366. The Labute approximate surface area is 228 Å². The Morgan fingerprint density at radius 3 is 2.54 bits per heavy atom. The first kappa shape index (κ1) is 25.0. The fourth-order valence-corrected chi connectivity index (χ4v) is 5.50. The van der Waals surface area contributed by atoms with Crippen LogP contribution in [0.5, 0.6) is 0 Å². The Morgan fingerprint density at radius 2 is 1.82 bits per heavy atom. The number of allylic oxidation sites excluding steroid dienone is 2. The van der Waals surface area contributed by atoms with E-state index in [4.69, 9.17) is 15.7 Å². The number of aromatic nitrogens is 4. The van der Waals surface area contributed by atoms with Crippen LogP contribution in [0.4, 0.5) is 5.82 Å². The average Bonchev–Trinajstić information content (AvgIpc) is 3.37. The fourth-order valence-electron chi connectivity index (χ4n) is 5.50. The number of nitrogens with zero attached hydrogens (tertiary/aromatic N) is 6. The van der Waals surface area contributed by atoms with Crippen molar-refractivity contribution in [2.45, 2.75) is 32.2 Å². The third kappa shape index (κ3) is 5.07. The largest absolute Gasteiger partial charge is 0.383 e. The van der Waals surface area contributed by atoms with Gasteiger partial charge in [-0.25, -0.2) is 15.0 Å². The molecule has 0 spiro atoms. The molecule has 1 amide bonds. The van der Waals surface area contributed by atoms with Gasteiger partial charge in [0, 0.05) is 44.6 Å². The van der Waals surface area contributed by atoms with Crippen molar-refractivity contribution in [3.8, 4) is 17.1 Å². The fraction of sp³-hybridized carbons (Fsp3) is 0.290. The molecule has 3 aromatic heterocycles. The van der Waals surface area contributed by atoms with Gasteiger partial charge < -0.3 is 10.6 Å². The van der Waals surface area contributed by atoms with Gasteiger partial charge in [0.25, 0.3) is 0 Å². The predicted molar refractivity (Wildman–Crippen MR) is 155 cm³/mol. The van der Waals surface area contributed by atoms with Crippen molar-refractivity contribution < 1.29 is 4.79 Å². The molecule has 1 aliphatic heterocycles. The summed E-state index contributed by atoms with van der Waals surface area (Å²) in [6.45, 7) is 7.58. The molecule has 1 fully saturated rings. The van der Waals surface area contributed by atoms with Crippen LogP contribution in [0.15, 0.2) is 73.5 Å². The van der Waals surface area contributed by atoms with Gasteiger partial charge >= 0.3 is 0 Å². The van der Waals surface area contributed by atoms with E-state index in [1.54, 1.807) is 6.20 Å². The molecule has 1 saturated heterocycles. The third-order valence-electron chi connectivity index (χ3n) is 7.66. The van der Waals surface area contributed by atoms with Crippen molar-refractivity contribution >= 4 is 28.5 Å². The number of carbonyl (C=O) groups is 1. The van der Waals surface area contributed by atoms with Crippen LogP contribution >= 0.6 is 0 Å². The maximum atomic E-state index is 11.9. The summed E-state index contributed by atoms with van der Waals surface area (Å²) in [6.07, 6.45) is 10.0. The smallest absolute Gasteiger partial charge is 0.246 e. The highest BCUT2D eigenvalue weighted by molar-refractivity contribution is 5.87. The van der Waals surface area contributed by atoms with Gasteiger partial charge in [-0.15, -0.1) is 0 Å². The number of pyridine rings is 2. The number of rotatable bonds is 6. The van der Waals surface area contributed by atoms with Gasteiger partial charge in [0.1, 0.15) is 11.3 Å². The standard InChI is InChI=1S/C31H33N7O/c1-2-28(39)37-19-17-36(18-20-37)21-22-10-12-24(13-11-22)38-30(25-9-6-16-33-29(25)32)35-27-15-14-26(34-31(27)38)23-7-4-3-5-8-23/h2,6-7,9-16H,1,3-5,8,17-21H2,(H2,32,33). The molecular formula is C31H33N7O. The van der Waals surface area contributed by atoms with Gasteiger partial charge in [0.15, 0.2) is 11.5 Å². The Hall–Kier alpha value is -4.30. The van der Waals surface area contributed by atoms with Crippen LogP contribution < -0.4 is 5.73 Å². The SMILES string of the molecule is C=CC(=O)N1CCN(Cc2ccc(-n3c(-c4cccnc4N)nc4ccc(C5=CCCCC5)nc43)cc2)CC1. The van der Waals surface area contributed by atoms with Crippen LogP contribution in [0.1, 0.15) is 36.9 Å². The molecule has 8 nitrogen and oxygen atoms in total. The molecule has 39 heavy (non-hydrogen) atoms. The maximum Gasteiger partial charge on any atom is 0.246 e. The van der Waals surface area contributed by atoms with Gasteiger partial charge in [-0.2, -0.15) is 0 Å². The number of nitrogens with two attached hydrogens (primary N) is 1. The summed E-state index contributed by atoms with van der Waals surface area (Å²) in [7, 11) is 0. The van der Waals surface area contributed by atoms with Crippen LogP contribution in [-0.2, 0) is 11.3 Å². The monoisotopic (exact) mass is 519 g/mol. The lowest BCUT2D eigenvalue weighted by molar-refractivity contribution is -0.127. The van der Waals surface area contributed by atoms with Crippen LogP contribution in [0.3, 0.4) is 0 Å². The Bertz CT molecular complexity index is 1550. The number of hydrogen-bond donors (Lipinski definition) is 1. The van der Waals surface area contributed by atoms with E-state index in [1.165, 1.54) is 30.1 Å². The second-order valence-corrected chi connectivity index (χ2v) is 10.2. The second-order valence-electron chi connectivity index (χ2n) is 10.2. The molecule has 0 saturated carbocycles. The van der Waals surface area contributed by atoms with Crippen molar-refractivity contribution in [2.75, 3.05) is 31.9 Å². The molecule has 0 bridgehead atoms. The summed E-state index contributed by atoms with van der Waals surface area (Å²) in [5.41, 5.74) is 13.2. The lowest BCUT2D eigenvalue weighted by Gasteiger charge is -2.34. The Kier molecular flexibility index (Phi) is 6.94. The third-order valence-corrected chi connectivity index (χ3v) is 7.66. The van der Waals surface area contributed by atoms with Gasteiger partial charge in [0.2, 0.25) is 5.91 Å². The zero-order valence-corrected chi connectivity index (χ0v) is 22.1. The van der Waals surface area contributed by atoms with Crippen molar-refractivity contribution in [2.24, 2.45) is 0 Å². The molecular weight excluding hydrogens is 486 g/mol. The first-order valence-electron chi connectivity index (χ1n) is 13.6. The number of anilines is 1. The second kappa shape index (κ2) is 10.8. The normalized spacial score (nSPS) is 16.3. The number of nitrogen functional groups attached to an aromatic ring is 1. The van der Waals surface area contributed by atoms with Gasteiger partial charge in [-0.3, -0.25) is 14.3 Å². The van der Waals surface area contributed by atoms with E-state index in [9.17, 15) is 4.79 Å². The highest BCUT2D eigenvalue weighted by Crippen LogP contribution is 2.32. The molecule has 6 rings (SSSR count). The number of benzene rings is 1. The predicted octanol–water partition coefficient (Wildman–Crippen LogP) is 4.85. The van der Waals surface area contributed by atoms with Crippen molar-refractivity contribution in [3.63, 3.8) is 0 Å². The highest BCUT2D eigenvalue weighted by Gasteiger charge is 2.21. The molecule has 0 radical (unpaired) electrons. The average molecular weight is 520 g/mol. The molecule has 4 aromatic rings. The molecule has 2 aliphatic rings. The van der Waals surface area contributed by atoms with Gasteiger partial charge in [0.05, 0.1) is 11.3 Å². The molecule has 2 N–H and O–H groups in total. The van der Waals surface area contributed by atoms with Crippen LogP contribution in [0.2, 0.25) is 0 Å². The van der Waals surface area contributed by atoms with E-state index >= 15 is 0 Å². The first-order valence-corrected chi connectivity index (χ1v) is 13.6. The molecule has 4 heterocycles. The summed E-state index contributed by atoms with van der Waals surface area (Å²) in [5, 5.41) is 0. The zero-order chi connectivity index (χ0) is 26.8. The minimum atomic E-state index is 0.00756. The molecule has 1 aromatic carbocycles. The first-order chi connectivity index (χ1) is 19.1. The van der Waals surface area contributed by atoms with Crippen LogP contribution in [0.25, 0.3) is 33.8 Å². The zero-order valence-electron chi connectivity index (χ0n) is 22.1. The van der Waals surface area contributed by atoms with E-state index in [1.807, 2.05) is 17.0 Å². The number of imidazole rings is 1. The summed E-state index contributed by atoms with van der Waals surface area (Å²) in [4.78, 5) is 30.5. The topological polar surface area (TPSA) is 93.2 Å². The summed E-state index contributed by atoms with van der Waals surface area (Å²) in [5.74, 6) is 1.18. The molecule has 0 unspecified atom stereocenters. The highest BCUT2D eigenvalue weighted by atomic mass is 16.2. The molecule has 0 atom stereocenters. The van der Waals surface area contributed by atoms with Crippen LogP contribution in [0, 0.1) is 0 Å². The Balaban J connectivity index is 1.34. The number of carbonyl (C=O) groups excluding carboxylic acids is 1. The van der Waals surface area contributed by atoms with E-state index in [-0.39, 0.29) is 5.91 Å². The van der Waals surface area contributed by atoms with E-state index in [0.717, 1.165) is 79.5 Å². The molecule has 1 aliphatic carbocycles. The van der Waals surface area contributed by atoms with Crippen molar-refractivity contribution in [3.05, 3.63) is 84.7 Å². The number of hydrogen-bond acceptors (Lipinski definition) is 6. The number of amides is 1. The van der Waals surface area contributed by atoms with E-state index < -0.39 is 0 Å². The van der Waals surface area contributed by atoms with E-state index in [2.05, 4.69) is 63.5 Å². The summed E-state index contributed by atoms with van der Waals surface area (Å²) < 4.78 is 2.10. The van der Waals surface area contributed by atoms with E-state index in [0.29, 0.717) is 5.82 Å². The van der Waals surface area contributed by atoms with Crippen LogP contribution in [-0.4, -0.2) is 61.4 Å². The Morgan fingerprint density at radius 1 is 1.00 bits per heavy atom. The minimum absolute atomic E-state index is 0.00756. The number of piperazine rings is 1. The van der Waals surface area contributed by atoms with Crippen molar-refractivity contribution in [1.82, 2.24) is 29.3 Å². The molecule has 198 valence electrons. The minimum Gasteiger partial charge on any atom is -0.383 e. The maximum absolute atomic E-state index is 11.9. The van der Waals surface area contributed by atoms with Gasteiger partial charge in [-0.1, -0.05) is 24.8 Å². The lowest BCUT2D eigenvalue weighted by Crippen LogP contribution is -2.47. The van der Waals surface area contributed by atoms with Crippen molar-refractivity contribution in [1.29, 1.82) is 0 Å². The summed E-state index contributed by atoms with van der Waals surface area (Å²) >= 11 is 0.